The molecule has 0 saturated carbocycles. The molecule has 4 nitrogen and oxygen atoms in total. The number of hydrogen-bond acceptors (Lipinski definition) is 2. The molecule has 41 heavy (non-hydrogen) atoms. The Morgan fingerprint density at radius 3 is 1.71 bits per heavy atom. The van der Waals surface area contributed by atoms with E-state index in [0.29, 0.717) is 0 Å². The van der Waals surface area contributed by atoms with Crippen molar-refractivity contribution < 1.29 is 27.5 Å². The van der Waals surface area contributed by atoms with Crippen LogP contribution in [0.2, 0.25) is 0 Å². The predicted octanol–water partition coefficient (Wildman–Crippen LogP) is 10.9. The fourth-order valence-corrected chi connectivity index (χ4v) is 5.40. The van der Waals surface area contributed by atoms with Gasteiger partial charge in [0.1, 0.15) is 0 Å². The zero-order valence-corrected chi connectivity index (χ0v) is 27.3. The van der Waals surface area contributed by atoms with E-state index in [-0.39, 0.29) is 0 Å². The standard InChI is InChI=1S/C30H40N2.2C3H7O.Ni/c1-4-7-10-14-24-16-12-19-26(21-24)29-23-28(18-9-6-3)30(32(29)31)27-20-13-17-25(22-27)15-11-8-5-2;2*1-2-3-4;/h12-13,16-17,19-23H,4-11,14-15,18H2,1-3H3;2*2-3H2,1H3;/q;2*-1;+2. The number of unbranched alkanes of at least 4 members (excludes halogenated alkanes) is 5. The molecule has 1 aliphatic rings. The summed E-state index contributed by atoms with van der Waals surface area (Å²) in [5.74, 6) is 0. The van der Waals surface area contributed by atoms with E-state index in [1.807, 2.05) is 0 Å². The van der Waals surface area contributed by atoms with Crippen LogP contribution in [0.25, 0.3) is 16.9 Å². The van der Waals surface area contributed by atoms with Crippen molar-refractivity contribution in [1.82, 2.24) is 0 Å². The van der Waals surface area contributed by atoms with Gasteiger partial charge in [-0.25, -0.2) is 4.70 Å². The average molecular weight is 606 g/mol. The van der Waals surface area contributed by atoms with Gasteiger partial charge in [0.15, 0.2) is 0 Å². The van der Waals surface area contributed by atoms with Gasteiger partial charge in [-0.2, -0.15) is 0 Å². The van der Waals surface area contributed by atoms with Crippen molar-refractivity contribution in [2.45, 2.75) is 118 Å². The second-order valence-electron chi connectivity index (χ2n) is 10.8. The molecule has 0 bridgehead atoms. The van der Waals surface area contributed by atoms with E-state index < -0.39 is 0 Å². The topological polar surface area (TPSA) is 43.8 Å². The Morgan fingerprint density at radius 1 is 0.634 bits per heavy atom. The first-order valence-electron chi connectivity index (χ1n) is 16.0. The minimum absolute atomic E-state index is 0.781. The third kappa shape index (κ3) is 12.8. The summed E-state index contributed by atoms with van der Waals surface area (Å²) in [5.41, 5.74) is 19.4. The van der Waals surface area contributed by atoms with Crippen molar-refractivity contribution in [2.75, 3.05) is 13.2 Å². The van der Waals surface area contributed by atoms with Gasteiger partial charge in [0.25, 0.3) is 0 Å². The molecule has 0 saturated heterocycles. The first-order valence-corrected chi connectivity index (χ1v) is 16.9. The molecule has 0 unspecified atom stereocenters. The van der Waals surface area contributed by atoms with Gasteiger partial charge in [0.2, 0.25) is 11.4 Å². The fourth-order valence-electron chi connectivity index (χ4n) is 4.75. The molecule has 2 aromatic rings. The van der Waals surface area contributed by atoms with Gasteiger partial charge in [0, 0.05) is 22.8 Å². The van der Waals surface area contributed by atoms with Crippen LogP contribution < -0.4 is 0 Å². The first-order chi connectivity index (χ1) is 20.1. The fraction of sp³-hybridized carbons (Fsp3) is 0.556. The van der Waals surface area contributed by atoms with Gasteiger partial charge in [-0.3, -0.25) is 0 Å². The Kier molecular flexibility index (Phi) is 18.5. The van der Waals surface area contributed by atoms with Gasteiger partial charge < -0.3 is 5.53 Å². The van der Waals surface area contributed by atoms with E-state index in [0.717, 1.165) is 95.8 Å². The van der Waals surface area contributed by atoms with Crippen LogP contribution in [0.1, 0.15) is 128 Å². The maximum absolute atomic E-state index is 11.3. The summed E-state index contributed by atoms with van der Waals surface area (Å²) < 4.78 is 11.4. The van der Waals surface area contributed by atoms with Crippen LogP contribution in [0.3, 0.4) is 0 Å². The zero-order chi connectivity index (χ0) is 29.7. The average Bonchev–Trinajstić information content (AvgIpc) is 3.32. The molecular formula is C36H54N2NiO2. The molecule has 1 aliphatic heterocycles. The van der Waals surface area contributed by atoms with E-state index in [1.165, 1.54) is 59.9 Å². The molecule has 0 spiro atoms. The summed E-state index contributed by atoms with van der Waals surface area (Å²) in [4.78, 5) is 0. The van der Waals surface area contributed by atoms with Crippen LogP contribution in [0, 0.1) is 0 Å². The third-order valence-electron chi connectivity index (χ3n) is 7.03. The molecule has 230 valence electrons. The van der Waals surface area contributed by atoms with Crippen LogP contribution >= 0.6 is 0 Å². The third-order valence-corrected chi connectivity index (χ3v) is 7.66. The Bertz CT molecular complexity index is 1090. The monoisotopic (exact) mass is 604 g/mol. The molecule has 0 amide bonds. The van der Waals surface area contributed by atoms with Gasteiger partial charge in [0.05, 0.1) is 0 Å². The van der Waals surface area contributed by atoms with Crippen molar-refractivity contribution in [2.24, 2.45) is 0 Å². The normalized spacial score (nSPS) is 13.0. The number of rotatable bonds is 19. The molecular weight excluding hydrogens is 551 g/mol. The van der Waals surface area contributed by atoms with Crippen LogP contribution in [-0.4, -0.2) is 17.9 Å². The van der Waals surface area contributed by atoms with Crippen molar-refractivity contribution in [3.63, 3.8) is 0 Å². The van der Waals surface area contributed by atoms with E-state index >= 15 is 0 Å². The first kappa shape index (κ1) is 35.1. The van der Waals surface area contributed by atoms with E-state index in [9.17, 15) is 5.53 Å². The molecule has 1 heterocycles. The molecule has 3 rings (SSSR count). The number of nitrogens with zero attached hydrogens (tertiary/aromatic N) is 2. The molecule has 0 radical (unpaired) electrons. The van der Waals surface area contributed by atoms with E-state index in [2.05, 4.69) is 89.2 Å². The van der Waals surface area contributed by atoms with Crippen molar-refractivity contribution in [1.29, 1.82) is 0 Å². The summed E-state index contributed by atoms with van der Waals surface area (Å²) in [6.45, 7) is 12.4. The van der Waals surface area contributed by atoms with Crippen LogP contribution in [0.4, 0.5) is 0 Å². The van der Waals surface area contributed by atoms with Gasteiger partial charge >= 0.3 is 62.7 Å². The van der Waals surface area contributed by atoms with Crippen molar-refractivity contribution in [3.8, 4) is 0 Å². The number of benzene rings is 2. The summed E-state index contributed by atoms with van der Waals surface area (Å²) >= 11 is 0.942. The molecule has 2 aromatic carbocycles. The quantitative estimate of drug-likeness (QED) is 0.0909. The van der Waals surface area contributed by atoms with Gasteiger partial charge in [-0.1, -0.05) is 77.1 Å². The number of hydrogen-bond donors (Lipinski definition) is 0. The number of allylic oxidation sites excluding steroid dienone is 2. The summed E-state index contributed by atoms with van der Waals surface area (Å²) in [6.07, 6.45) is 17.2. The Hall–Kier alpha value is -2.07. The van der Waals surface area contributed by atoms with Crippen LogP contribution in [-0.2, 0) is 35.7 Å². The predicted molar refractivity (Wildman–Crippen MR) is 170 cm³/mol. The molecule has 0 aromatic heterocycles. The molecule has 0 fully saturated rings. The molecule has 0 aliphatic carbocycles. The summed E-state index contributed by atoms with van der Waals surface area (Å²) in [5, 5.41) is 0. The maximum atomic E-state index is 11.3. The van der Waals surface area contributed by atoms with Crippen molar-refractivity contribution >= 4 is 11.4 Å². The van der Waals surface area contributed by atoms with Crippen LogP contribution in [0.5, 0.6) is 0 Å². The SMILES string of the molecule is CCCCCc1cccc(C2=CC(CCCC)=C(c3cccc(CCCCC)c3)[N+]2=[N-])c1.CCC[O][Ni][O]CCC. The van der Waals surface area contributed by atoms with Gasteiger partial charge in [-0.05, 0) is 73.9 Å². The van der Waals surface area contributed by atoms with Crippen molar-refractivity contribution in [3.05, 3.63) is 88.0 Å². The second kappa shape index (κ2) is 21.6. The summed E-state index contributed by atoms with van der Waals surface area (Å²) in [7, 11) is 0. The van der Waals surface area contributed by atoms with E-state index in [4.69, 9.17) is 7.76 Å². The van der Waals surface area contributed by atoms with Gasteiger partial charge in [-0.15, -0.1) is 0 Å². The van der Waals surface area contributed by atoms with Crippen LogP contribution in [0.15, 0.2) is 60.2 Å². The minimum atomic E-state index is 0.781. The molecule has 0 N–H and O–H groups in total. The summed E-state index contributed by atoms with van der Waals surface area (Å²) in [6, 6.07) is 17.5. The molecule has 0 atom stereocenters. The Balaban J connectivity index is 0.000000564. The number of aryl methyl sites for hydroxylation is 2. The zero-order valence-electron chi connectivity index (χ0n) is 26.3. The Morgan fingerprint density at radius 2 is 1.17 bits per heavy atom. The second-order valence-corrected chi connectivity index (χ2v) is 11.5. The molecule has 5 heteroatoms. The van der Waals surface area contributed by atoms with E-state index in [1.54, 1.807) is 0 Å². The Labute approximate surface area is 257 Å².